The number of aliphatic hydroxyl groups excluding tert-OH is 1. The summed E-state index contributed by atoms with van der Waals surface area (Å²) in [5.41, 5.74) is 3.12. The second-order valence-electron chi connectivity index (χ2n) is 6.42. The Balaban J connectivity index is 1.68. The van der Waals surface area contributed by atoms with E-state index in [0.29, 0.717) is 22.4 Å². The van der Waals surface area contributed by atoms with E-state index >= 15 is 0 Å². The molecule has 0 heterocycles. The number of rotatable bonds is 4. The van der Waals surface area contributed by atoms with E-state index in [-0.39, 0.29) is 16.9 Å². The van der Waals surface area contributed by atoms with Gasteiger partial charge in [0.1, 0.15) is 0 Å². The molecule has 1 aliphatic rings. The fourth-order valence-electron chi connectivity index (χ4n) is 3.39. The maximum absolute atomic E-state index is 12.8. The van der Waals surface area contributed by atoms with Crippen molar-refractivity contribution in [3.8, 4) is 11.1 Å². The minimum atomic E-state index is -1.69. The summed E-state index contributed by atoms with van der Waals surface area (Å²) in [6, 6.07) is 18.2. The van der Waals surface area contributed by atoms with Gasteiger partial charge in [0.2, 0.25) is 0 Å². The number of ketones is 1. The molecule has 0 saturated heterocycles. The molecule has 3 aromatic carbocycles. The lowest BCUT2D eigenvalue weighted by atomic mass is 10.00. The first kappa shape index (κ1) is 17.6. The number of hydrogen-bond donors (Lipinski definition) is 3. The Morgan fingerprint density at radius 3 is 2.29 bits per heavy atom. The third-order valence-electron chi connectivity index (χ3n) is 4.69. The molecule has 6 heteroatoms. The van der Waals surface area contributed by atoms with Crippen LogP contribution >= 0.6 is 0 Å². The van der Waals surface area contributed by atoms with Crippen molar-refractivity contribution in [3.05, 3.63) is 89.0 Å². The molecule has 138 valence electrons. The second-order valence-corrected chi connectivity index (χ2v) is 6.42. The lowest BCUT2D eigenvalue weighted by Crippen LogP contribution is -2.16. The molecule has 3 aromatic rings. The Morgan fingerprint density at radius 2 is 1.54 bits per heavy atom. The van der Waals surface area contributed by atoms with Crippen molar-refractivity contribution in [1.82, 2.24) is 0 Å². The maximum atomic E-state index is 12.8. The monoisotopic (exact) mass is 373 g/mol. The Bertz CT molecular complexity index is 1140. The molecule has 1 amide bonds. The SMILES string of the molecule is O=C(Nc1cccc([C@@H](O)C(=O)O)c1)c1cccc2c1C(=O)c1ccccc1-2. The fourth-order valence-corrected chi connectivity index (χ4v) is 3.39. The number of benzene rings is 3. The van der Waals surface area contributed by atoms with Crippen molar-refractivity contribution in [2.75, 3.05) is 5.32 Å². The topological polar surface area (TPSA) is 104 Å². The van der Waals surface area contributed by atoms with Crippen LogP contribution in [0.3, 0.4) is 0 Å². The number of carbonyl (C=O) groups is 3. The molecule has 0 bridgehead atoms. The first-order chi connectivity index (χ1) is 13.5. The van der Waals surface area contributed by atoms with Crippen molar-refractivity contribution >= 4 is 23.3 Å². The molecule has 6 nitrogen and oxygen atoms in total. The van der Waals surface area contributed by atoms with Crippen LogP contribution in [0.2, 0.25) is 0 Å². The Hall–Kier alpha value is -3.77. The standard InChI is InChI=1S/C22H15NO5/c24-19(22(27)28)12-5-3-6-13(11-12)23-21(26)17-10-4-9-15-14-7-1-2-8-16(14)20(25)18(15)17/h1-11,19,24H,(H,23,26)(H,27,28)/t19-/m1/s1. The third kappa shape index (κ3) is 2.86. The van der Waals surface area contributed by atoms with Crippen LogP contribution < -0.4 is 5.32 Å². The van der Waals surface area contributed by atoms with Gasteiger partial charge < -0.3 is 15.5 Å². The fraction of sp³-hybridized carbons (Fsp3) is 0.0455. The molecule has 0 spiro atoms. The molecular formula is C22H15NO5. The molecule has 1 atom stereocenters. The van der Waals surface area contributed by atoms with Gasteiger partial charge in [0.25, 0.3) is 5.91 Å². The van der Waals surface area contributed by atoms with Gasteiger partial charge in [-0.3, -0.25) is 9.59 Å². The molecule has 0 aliphatic heterocycles. The first-order valence-corrected chi connectivity index (χ1v) is 8.56. The van der Waals surface area contributed by atoms with Crippen LogP contribution in [0, 0.1) is 0 Å². The number of aliphatic hydroxyl groups is 1. The highest BCUT2D eigenvalue weighted by atomic mass is 16.4. The predicted molar refractivity (Wildman–Crippen MR) is 102 cm³/mol. The highest BCUT2D eigenvalue weighted by Gasteiger charge is 2.30. The van der Waals surface area contributed by atoms with Crippen LogP contribution in [-0.2, 0) is 4.79 Å². The number of carboxylic acid groups (broad SMARTS) is 1. The largest absolute Gasteiger partial charge is 0.479 e. The van der Waals surface area contributed by atoms with E-state index in [0.717, 1.165) is 5.56 Å². The lowest BCUT2D eigenvalue weighted by molar-refractivity contribution is -0.146. The zero-order valence-electron chi connectivity index (χ0n) is 14.5. The van der Waals surface area contributed by atoms with Crippen molar-refractivity contribution in [3.63, 3.8) is 0 Å². The molecule has 0 fully saturated rings. The van der Waals surface area contributed by atoms with E-state index in [4.69, 9.17) is 5.11 Å². The van der Waals surface area contributed by atoms with Crippen molar-refractivity contribution in [2.45, 2.75) is 6.10 Å². The van der Waals surface area contributed by atoms with Gasteiger partial charge in [-0.25, -0.2) is 4.79 Å². The molecule has 3 N–H and O–H groups in total. The summed E-state index contributed by atoms with van der Waals surface area (Å²) in [5, 5.41) is 21.3. The number of carboxylic acids is 1. The zero-order chi connectivity index (χ0) is 19.8. The molecule has 0 saturated carbocycles. The van der Waals surface area contributed by atoms with Gasteiger partial charge in [-0.05, 0) is 34.9 Å². The molecule has 1 aliphatic carbocycles. The van der Waals surface area contributed by atoms with E-state index in [1.54, 1.807) is 36.4 Å². The summed E-state index contributed by atoms with van der Waals surface area (Å²) in [7, 11) is 0. The number of anilines is 1. The summed E-state index contributed by atoms with van der Waals surface area (Å²) >= 11 is 0. The summed E-state index contributed by atoms with van der Waals surface area (Å²) in [4.78, 5) is 36.6. The summed E-state index contributed by atoms with van der Waals surface area (Å²) in [6.07, 6.45) is -1.69. The van der Waals surface area contributed by atoms with Gasteiger partial charge in [-0.15, -0.1) is 0 Å². The zero-order valence-corrected chi connectivity index (χ0v) is 14.5. The number of nitrogens with one attached hydrogen (secondary N) is 1. The van der Waals surface area contributed by atoms with Crippen LogP contribution in [0.15, 0.2) is 66.7 Å². The maximum Gasteiger partial charge on any atom is 0.337 e. The summed E-state index contributed by atoms with van der Waals surface area (Å²) in [6.45, 7) is 0. The third-order valence-corrected chi connectivity index (χ3v) is 4.69. The van der Waals surface area contributed by atoms with Crippen molar-refractivity contribution in [1.29, 1.82) is 0 Å². The lowest BCUT2D eigenvalue weighted by Gasteiger charge is -2.11. The summed E-state index contributed by atoms with van der Waals surface area (Å²) in [5.74, 6) is -2.07. The highest BCUT2D eigenvalue weighted by Crippen LogP contribution is 2.38. The highest BCUT2D eigenvalue weighted by molar-refractivity contribution is 6.26. The Labute approximate surface area is 160 Å². The Morgan fingerprint density at radius 1 is 0.857 bits per heavy atom. The molecule has 0 aromatic heterocycles. The molecule has 28 heavy (non-hydrogen) atoms. The molecule has 0 radical (unpaired) electrons. The van der Waals surface area contributed by atoms with E-state index in [1.807, 2.05) is 12.1 Å². The van der Waals surface area contributed by atoms with Gasteiger partial charge in [0, 0.05) is 16.8 Å². The minimum absolute atomic E-state index is 0.145. The quantitative estimate of drug-likeness (QED) is 0.509. The molecule has 4 rings (SSSR count). The predicted octanol–water partition coefficient (Wildman–Crippen LogP) is 3.27. The number of amides is 1. The summed E-state index contributed by atoms with van der Waals surface area (Å²) < 4.78 is 0. The number of aliphatic carboxylic acids is 1. The second kappa shape index (κ2) is 6.75. The minimum Gasteiger partial charge on any atom is -0.479 e. The molecular weight excluding hydrogens is 358 g/mol. The van der Waals surface area contributed by atoms with Gasteiger partial charge in [-0.1, -0.05) is 48.5 Å². The van der Waals surface area contributed by atoms with Gasteiger partial charge in [0.05, 0.1) is 5.56 Å². The van der Waals surface area contributed by atoms with Crippen LogP contribution in [0.4, 0.5) is 5.69 Å². The number of carbonyl (C=O) groups excluding carboxylic acids is 2. The van der Waals surface area contributed by atoms with Crippen molar-refractivity contribution < 1.29 is 24.6 Å². The normalized spacial score (nSPS) is 12.8. The van der Waals surface area contributed by atoms with E-state index in [2.05, 4.69) is 5.32 Å². The van der Waals surface area contributed by atoms with Crippen LogP contribution in [0.1, 0.15) is 37.9 Å². The van der Waals surface area contributed by atoms with Gasteiger partial charge in [0.15, 0.2) is 11.9 Å². The number of fused-ring (bicyclic) bond motifs is 3. The molecule has 0 unspecified atom stereocenters. The average molecular weight is 373 g/mol. The van der Waals surface area contributed by atoms with E-state index in [1.165, 1.54) is 18.2 Å². The van der Waals surface area contributed by atoms with Gasteiger partial charge in [-0.2, -0.15) is 0 Å². The number of hydrogen-bond acceptors (Lipinski definition) is 4. The van der Waals surface area contributed by atoms with Gasteiger partial charge >= 0.3 is 5.97 Å². The van der Waals surface area contributed by atoms with Crippen LogP contribution in [0.25, 0.3) is 11.1 Å². The Kier molecular flexibility index (Phi) is 4.25. The van der Waals surface area contributed by atoms with E-state index in [9.17, 15) is 19.5 Å². The van der Waals surface area contributed by atoms with Crippen LogP contribution in [-0.4, -0.2) is 27.9 Å². The average Bonchev–Trinajstić information content (AvgIpc) is 3.00. The first-order valence-electron chi connectivity index (χ1n) is 8.56. The van der Waals surface area contributed by atoms with Crippen LogP contribution in [0.5, 0.6) is 0 Å². The smallest absolute Gasteiger partial charge is 0.337 e. The van der Waals surface area contributed by atoms with E-state index < -0.39 is 18.0 Å². The van der Waals surface area contributed by atoms with Crippen molar-refractivity contribution in [2.24, 2.45) is 0 Å².